The Morgan fingerprint density at radius 3 is 1.92 bits per heavy atom. The number of hydrogen-bond acceptors (Lipinski definition) is 8. The summed E-state index contributed by atoms with van der Waals surface area (Å²) >= 11 is 0.598. The van der Waals surface area contributed by atoms with Gasteiger partial charge in [-0.2, -0.15) is 17.5 Å². The summed E-state index contributed by atoms with van der Waals surface area (Å²) in [4.78, 5) is 25.9. The van der Waals surface area contributed by atoms with Crippen molar-refractivity contribution in [2.75, 3.05) is 26.0 Å². The molecule has 10 nitrogen and oxygen atoms in total. The lowest BCUT2D eigenvalue weighted by molar-refractivity contribution is -0.163. The van der Waals surface area contributed by atoms with Crippen molar-refractivity contribution >= 4 is 39.0 Å². The molecule has 0 saturated carbocycles. The zero-order chi connectivity index (χ0) is 35.1. The van der Waals surface area contributed by atoms with Crippen LogP contribution in [0.4, 0.5) is 23.7 Å². The van der Waals surface area contributed by atoms with Crippen LogP contribution in [0.1, 0.15) is 45.8 Å². The molecule has 0 unspecified atom stereocenters. The summed E-state index contributed by atoms with van der Waals surface area (Å²) in [6.45, 7) is 0.701. The maximum atomic E-state index is 14.7. The third kappa shape index (κ3) is 8.34. The summed E-state index contributed by atoms with van der Waals surface area (Å²) in [6.07, 6.45) is -6.03. The maximum Gasteiger partial charge on any atom is 0.413 e. The number of alkyl halides is 3. The summed E-state index contributed by atoms with van der Waals surface area (Å²) in [6, 6.07) is 19.6. The molecule has 256 valence electrons. The fraction of sp³-hybridized carbons (Fsp3) is 0.273. The Bertz CT molecular complexity index is 1730. The van der Waals surface area contributed by atoms with Gasteiger partial charge in [0.15, 0.2) is 6.04 Å². The van der Waals surface area contributed by atoms with Crippen LogP contribution in [-0.2, 0) is 19.6 Å². The van der Waals surface area contributed by atoms with Gasteiger partial charge < -0.3 is 26.2 Å². The van der Waals surface area contributed by atoms with Gasteiger partial charge >= 0.3 is 12.3 Å². The molecule has 4 rings (SSSR count). The van der Waals surface area contributed by atoms with Crippen LogP contribution < -0.4 is 16.4 Å². The SMILES string of the molecule is CCN([C@H](CO)c1ccc([C@@H](NC(=O)[C@@H](NC(=O)OC)C(c2ccccc2)c2ccccc2)C(F)(F)F)s1)S(=O)(=O)c1ccc(N)cc1. The largest absolute Gasteiger partial charge is 0.453 e. The number of aliphatic hydroxyl groups is 1. The molecule has 1 aromatic heterocycles. The number of carbonyl (C=O) groups excluding carboxylic acids is 2. The Labute approximate surface area is 280 Å². The number of hydrogen-bond donors (Lipinski definition) is 4. The number of halogens is 3. The number of benzene rings is 3. The van der Waals surface area contributed by atoms with Gasteiger partial charge in [0.25, 0.3) is 0 Å². The number of alkyl carbamates (subject to hydrolysis) is 1. The smallest absolute Gasteiger partial charge is 0.413 e. The predicted octanol–water partition coefficient (Wildman–Crippen LogP) is 5.35. The Morgan fingerprint density at radius 1 is 0.896 bits per heavy atom. The van der Waals surface area contributed by atoms with Gasteiger partial charge in [-0.15, -0.1) is 11.3 Å². The molecule has 0 spiro atoms. The van der Waals surface area contributed by atoms with Gasteiger partial charge in [0.05, 0.1) is 24.7 Å². The fourth-order valence-electron chi connectivity index (χ4n) is 5.29. The van der Waals surface area contributed by atoms with Crippen LogP contribution in [-0.4, -0.2) is 62.3 Å². The Morgan fingerprint density at radius 2 is 1.44 bits per heavy atom. The van der Waals surface area contributed by atoms with E-state index in [0.717, 1.165) is 17.5 Å². The van der Waals surface area contributed by atoms with Crippen LogP contribution in [0.2, 0.25) is 0 Å². The van der Waals surface area contributed by atoms with Gasteiger partial charge in [-0.25, -0.2) is 13.2 Å². The molecule has 3 aromatic carbocycles. The molecule has 0 aliphatic rings. The first-order valence-electron chi connectivity index (χ1n) is 14.7. The lowest BCUT2D eigenvalue weighted by atomic mass is 9.84. The first-order valence-corrected chi connectivity index (χ1v) is 17.0. The number of sulfonamides is 1. The van der Waals surface area contributed by atoms with Gasteiger partial charge in [-0.1, -0.05) is 67.6 Å². The number of carbonyl (C=O) groups is 2. The highest BCUT2D eigenvalue weighted by Gasteiger charge is 2.45. The summed E-state index contributed by atoms with van der Waals surface area (Å²) in [5.41, 5.74) is 7.12. The highest BCUT2D eigenvalue weighted by molar-refractivity contribution is 7.89. The Hall–Kier alpha value is -4.44. The quantitative estimate of drug-likeness (QED) is 0.137. The summed E-state index contributed by atoms with van der Waals surface area (Å²) < 4.78 is 76.7. The molecule has 0 saturated heterocycles. The molecule has 15 heteroatoms. The highest BCUT2D eigenvalue weighted by Crippen LogP contribution is 2.40. The number of amides is 2. The molecule has 0 aliphatic carbocycles. The number of nitrogens with two attached hydrogens (primary N) is 1. The molecule has 48 heavy (non-hydrogen) atoms. The number of nitrogen functional groups attached to an aromatic ring is 1. The molecule has 0 radical (unpaired) electrons. The summed E-state index contributed by atoms with van der Waals surface area (Å²) in [7, 11) is -3.12. The minimum absolute atomic E-state index is 0.105. The number of likely N-dealkylation sites (N-methyl/N-ethyl adjacent to an activating group) is 1. The van der Waals surface area contributed by atoms with Gasteiger partial charge in [0.2, 0.25) is 15.9 Å². The van der Waals surface area contributed by atoms with Crippen LogP contribution >= 0.6 is 11.3 Å². The number of methoxy groups -OCH3 is 1. The van der Waals surface area contributed by atoms with Crippen LogP contribution in [0.25, 0.3) is 0 Å². The van der Waals surface area contributed by atoms with E-state index in [-0.39, 0.29) is 21.2 Å². The first kappa shape index (κ1) is 36.4. The van der Waals surface area contributed by atoms with Crippen molar-refractivity contribution in [1.82, 2.24) is 14.9 Å². The fourth-order valence-corrected chi connectivity index (χ4v) is 8.15. The van der Waals surface area contributed by atoms with Gasteiger partial charge in [-0.05, 0) is 47.5 Å². The van der Waals surface area contributed by atoms with Gasteiger partial charge in [-0.3, -0.25) is 4.79 Å². The number of nitrogens with one attached hydrogen (secondary N) is 2. The van der Waals surface area contributed by atoms with Crippen molar-refractivity contribution in [3.8, 4) is 0 Å². The van der Waals surface area contributed by atoms with E-state index >= 15 is 0 Å². The van der Waals surface area contributed by atoms with E-state index in [0.29, 0.717) is 28.2 Å². The van der Waals surface area contributed by atoms with Crippen molar-refractivity contribution < 1.29 is 41.0 Å². The number of ether oxygens (including phenoxy) is 1. The number of nitrogens with zero attached hydrogens (tertiary/aromatic N) is 1. The molecule has 2 amide bonds. The molecule has 5 N–H and O–H groups in total. The zero-order valence-corrected chi connectivity index (χ0v) is 27.6. The van der Waals surface area contributed by atoms with E-state index in [2.05, 4.69) is 10.6 Å². The zero-order valence-electron chi connectivity index (χ0n) is 25.9. The van der Waals surface area contributed by atoms with E-state index in [1.807, 2.05) is 0 Å². The first-order chi connectivity index (χ1) is 22.8. The number of anilines is 1. The highest BCUT2D eigenvalue weighted by atomic mass is 32.2. The van der Waals surface area contributed by atoms with Crippen molar-refractivity contribution in [3.05, 3.63) is 118 Å². The molecule has 0 aliphatic heterocycles. The van der Waals surface area contributed by atoms with E-state index < -0.39 is 58.9 Å². The van der Waals surface area contributed by atoms with Crippen LogP contribution in [0.5, 0.6) is 0 Å². The van der Waals surface area contributed by atoms with E-state index in [4.69, 9.17) is 10.5 Å². The molecule has 4 aromatic rings. The van der Waals surface area contributed by atoms with E-state index in [9.17, 15) is 36.3 Å². The molecular weight excluding hydrogens is 670 g/mol. The molecular formula is C33H35F3N4O6S2. The summed E-state index contributed by atoms with van der Waals surface area (Å²) in [5.74, 6) is -2.05. The lowest BCUT2D eigenvalue weighted by Gasteiger charge is -2.30. The minimum atomic E-state index is -5.00. The molecule has 1 heterocycles. The average Bonchev–Trinajstić information content (AvgIpc) is 3.55. The second-order valence-electron chi connectivity index (χ2n) is 10.6. The van der Waals surface area contributed by atoms with Crippen molar-refractivity contribution in [2.45, 2.75) is 42.0 Å². The third-order valence-electron chi connectivity index (χ3n) is 7.59. The Balaban J connectivity index is 1.71. The molecule has 0 bridgehead atoms. The second kappa shape index (κ2) is 15.6. The number of rotatable bonds is 13. The minimum Gasteiger partial charge on any atom is -0.453 e. The summed E-state index contributed by atoms with van der Waals surface area (Å²) in [5, 5.41) is 14.8. The van der Waals surface area contributed by atoms with Crippen LogP contribution in [0, 0.1) is 0 Å². The standard InChI is InChI=1S/C33H35F3N4O6S2/c1-3-40(48(44,45)24-16-14-23(37)15-17-24)25(20-41)26-18-19-27(47-26)30(33(34,35)36)39-31(42)29(38-32(43)46-2)28(21-10-6-4-7-11-21)22-12-8-5-9-13-22/h4-19,25,28-30,41H,3,20,37H2,1-2H3,(H,38,43)(H,39,42)/t25-,29+,30-/m1/s1. The van der Waals surface area contributed by atoms with Crippen LogP contribution in [0.3, 0.4) is 0 Å². The monoisotopic (exact) mass is 704 g/mol. The number of thiophene rings is 1. The topological polar surface area (TPSA) is 151 Å². The van der Waals surface area contributed by atoms with Gasteiger partial charge in [0, 0.05) is 27.9 Å². The lowest BCUT2D eigenvalue weighted by Crippen LogP contribution is -2.52. The molecule has 3 atom stereocenters. The van der Waals surface area contributed by atoms with E-state index in [1.165, 1.54) is 37.3 Å². The van der Waals surface area contributed by atoms with Crippen molar-refractivity contribution in [2.24, 2.45) is 0 Å². The predicted molar refractivity (Wildman–Crippen MR) is 176 cm³/mol. The third-order valence-corrected chi connectivity index (χ3v) is 10.8. The van der Waals surface area contributed by atoms with Crippen LogP contribution in [0.15, 0.2) is 102 Å². The van der Waals surface area contributed by atoms with Gasteiger partial charge in [0.1, 0.15) is 6.04 Å². The average molecular weight is 705 g/mol. The van der Waals surface area contributed by atoms with Crippen molar-refractivity contribution in [1.29, 1.82) is 0 Å². The maximum absolute atomic E-state index is 14.7. The number of aliphatic hydroxyl groups excluding tert-OH is 1. The second-order valence-corrected chi connectivity index (χ2v) is 13.6. The Kier molecular flexibility index (Phi) is 11.9. The van der Waals surface area contributed by atoms with E-state index in [1.54, 1.807) is 60.7 Å². The normalized spacial score (nSPS) is 13.9. The molecule has 0 fully saturated rings. The van der Waals surface area contributed by atoms with Crippen molar-refractivity contribution in [3.63, 3.8) is 0 Å².